The molecule has 1 heterocycles. The van der Waals surface area contributed by atoms with Crippen molar-refractivity contribution >= 4 is 17.2 Å². The molecule has 0 bridgehead atoms. The Hall–Kier alpha value is -1.75. The lowest BCUT2D eigenvalue weighted by molar-refractivity contribution is -0.0126. The standard InChI is InChI=1S/C16H17F2NO2/c1-21-7-6-19-14-3-2-11(10-20)8-12(14)13-9-16(17,18)5-4-15(13)19/h2-3,8,10H,4-7,9H2,1H3. The van der Waals surface area contributed by atoms with Crippen LogP contribution in [0.3, 0.4) is 0 Å². The molecule has 21 heavy (non-hydrogen) atoms. The average molecular weight is 293 g/mol. The number of alkyl halides is 2. The molecule has 0 fully saturated rings. The number of hydrogen-bond donors (Lipinski definition) is 0. The molecule has 1 aromatic carbocycles. The van der Waals surface area contributed by atoms with Crippen LogP contribution in [0.5, 0.6) is 0 Å². The van der Waals surface area contributed by atoms with Crippen molar-refractivity contribution in [3.8, 4) is 0 Å². The zero-order chi connectivity index (χ0) is 15.0. The third-order valence-electron chi connectivity index (χ3n) is 4.13. The van der Waals surface area contributed by atoms with Crippen LogP contribution in [-0.2, 0) is 24.1 Å². The van der Waals surface area contributed by atoms with E-state index in [1.54, 1.807) is 19.2 Å². The lowest BCUT2D eigenvalue weighted by Gasteiger charge is -2.23. The molecule has 0 atom stereocenters. The number of carbonyl (C=O) groups is 1. The summed E-state index contributed by atoms with van der Waals surface area (Å²) in [7, 11) is 1.62. The Morgan fingerprint density at radius 3 is 2.95 bits per heavy atom. The molecule has 0 saturated carbocycles. The topological polar surface area (TPSA) is 31.2 Å². The number of methoxy groups -OCH3 is 1. The van der Waals surface area contributed by atoms with Crippen molar-refractivity contribution < 1.29 is 18.3 Å². The molecule has 1 aliphatic carbocycles. The van der Waals surface area contributed by atoms with Crippen molar-refractivity contribution in [2.45, 2.75) is 31.7 Å². The first kappa shape index (κ1) is 14.2. The van der Waals surface area contributed by atoms with Gasteiger partial charge in [-0.1, -0.05) is 0 Å². The van der Waals surface area contributed by atoms with E-state index in [1.165, 1.54) is 0 Å². The fourth-order valence-corrected chi connectivity index (χ4v) is 3.14. The predicted molar refractivity (Wildman–Crippen MR) is 76.2 cm³/mol. The van der Waals surface area contributed by atoms with Crippen LogP contribution in [0.4, 0.5) is 8.78 Å². The molecule has 5 heteroatoms. The first-order valence-corrected chi connectivity index (χ1v) is 7.01. The normalized spacial score (nSPS) is 16.9. The summed E-state index contributed by atoms with van der Waals surface area (Å²) in [6.07, 6.45) is 0.738. The SMILES string of the molecule is COCCn1c2c(c3cc(C=O)ccc31)CC(F)(F)CC2. The molecular formula is C16H17F2NO2. The van der Waals surface area contributed by atoms with Crippen LogP contribution in [0.2, 0.25) is 0 Å². The Morgan fingerprint density at radius 1 is 1.43 bits per heavy atom. The van der Waals surface area contributed by atoms with E-state index in [2.05, 4.69) is 4.57 Å². The molecular weight excluding hydrogens is 276 g/mol. The van der Waals surface area contributed by atoms with Crippen LogP contribution in [0, 0.1) is 0 Å². The van der Waals surface area contributed by atoms with Crippen LogP contribution >= 0.6 is 0 Å². The van der Waals surface area contributed by atoms with Crippen LogP contribution in [0.25, 0.3) is 10.9 Å². The van der Waals surface area contributed by atoms with Gasteiger partial charge in [-0.05, 0) is 30.2 Å². The van der Waals surface area contributed by atoms with E-state index in [0.717, 1.165) is 22.9 Å². The summed E-state index contributed by atoms with van der Waals surface area (Å²) in [5.41, 5.74) is 3.06. The number of rotatable bonds is 4. The number of ether oxygens (including phenoxy) is 1. The Kier molecular flexibility index (Phi) is 3.53. The van der Waals surface area contributed by atoms with Crippen molar-refractivity contribution in [2.24, 2.45) is 0 Å². The molecule has 2 aromatic rings. The van der Waals surface area contributed by atoms with E-state index in [-0.39, 0.29) is 12.8 Å². The summed E-state index contributed by atoms with van der Waals surface area (Å²) >= 11 is 0. The number of carbonyl (C=O) groups excluding carboxylic acids is 1. The fraction of sp³-hybridized carbons (Fsp3) is 0.438. The highest BCUT2D eigenvalue weighted by molar-refractivity contribution is 5.91. The van der Waals surface area contributed by atoms with Crippen molar-refractivity contribution in [1.82, 2.24) is 4.57 Å². The van der Waals surface area contributed by atoms with Gasteiger partial charge in [0.15, 0.2) is 0 Å². The molecule has 0 saturated heterocycles. The minimum atomic E-state index is -2.66. The van der Waals surface area contributed by atoms with Gasteiger partial charge in [-0.15, -0.1) is 0 Å². The molecule has 0 N–H and O–H groups in total. The Labute approximate surface area is 121 Å². The van der Waals surface area contributed by atoms with Gasteiger partial charge >= 0.3 is 0 Å². The van der Waals surface area contributed by atoms with E-state index in [9.17, 15) is 13.6 Å². The molecule has 1 aliphatic rings. The average Bonchev–Trinajstić information content (AvgIpc) is 2.76. The number of benzene rings is 1. The quantitative estimate of drug-likeness (QED) is 0.810. The minimum Gasteiger partial charge on any atom is -0.383 e. The summed E-state index contributed by atoms with van der Waals surface area (Å²) in [5.74, 6) is -2.66. The molecule has 0 amide bonds. The van der Waals surface area contributed by atoms with Crippen LogP contribution < -0.4 is 0 Å². The Morgan fingerprint density at radius 2 is 2.24 bits per heavy atom. The van der Waals surface area contributed by atoms with Gasteiger partial charge in [0, 0.05) is 48.7 Å². The molecule has 112 valence electrons. The van der Waals surface area contributed by atoms with Crippen molar-refractivity contribution in [2.75, 3.05) is 13.7 Å². The zero-order valence-corrected chi connectivity index (χ0v) is 11.9. The number of nitrogens with zero attached hydrogens (tertiary/aromatic N) is 1. The van der Waals surface area contributed by atoms with Crippen LogP contribution in [-0.4, -0.2) is 30.5 Å². The maximum Gasteiger partial charge on any atom is 0.252 e. The highest BCUT2D eigenvalue weighted by Gasteiger charge is 2.37. The van der Waals surface area contributed by atoms with Crippen LogP contribution in [0.15, 0.2) is 18.2 Å². The summed E-state index contributed by atoms with van der Waals surface area (Å²) in [5, 5.41) is 0.769. The Bertz CT molecular complexity index is 691. The number of aldehydes is 1. The van der Waals surface area contributed by atoms with E-state index >= 15 is 0 Å². The third-order valence-corrected chi connectivity index (χ3v) is 4.13. The van der Waals surface area contributed by atoms with Crippen molar-refractivity contribution in [3.63, 3.8) is 0 Å². The highest BCUT2D eigenvalue weighted by Crippen LogP contribution is 2.38. The van der Waals surface area contributed by atoms with Gasteiger partial charge in [-0.2, -0.15) is 0 Å². The largest absolute Gasteiger partial charge is 0.383 e. The molecule has 0 aliphatic heterocycles. The van der Waals surface area contributed by atoms with Gasteiger partial charge < -0.3 is 9.30 Å². The van der Waals surface area contributed by atoms with E-state index in [0.29, 0.717) is 30.7 Å². The Balaban J connectivity index is 2.20. The second-order valence-electron chi connectivity index (χ2n) is 5.50. The number of fused-ring (bicyclic) bond motifs is 3. The minimum absolute atomic E-state index is 0.121. The van der Waals surface area contributed by atoms with E-state index in [4.69, 9.17) is 4.74 Å². The molecule has 0 unspecified atom stereocenters. The molecule has 0 radical (unpaired) electrons. The van der Waals surface area contributed by atoms with Crippen LogP contribution in [0.1, 0.15) is 28.0 Å². The zero-order valence-electron chi connectivity index (χ0n) is 11.9. The summed E-state index contributed by atoms with van der Waals surface area (Å²) in [4.78, 5) is 10.9. The number of halogens is 2. The van der Waals surface area contributed by atoms with Gasteiger partial charge in [0.1, 0.15) is 6.29 Å². The maximum atomic E-state index is 13.8. The summed E-state index contributed by atoms with van der Waals surface area (Å²) in [6, 6.07) is 5.28. The molecule has 0 spiro atoms. The van der Waals surface area contributed by atoms with E-state index < -0.39 is 5.92 Å². The summed E-state index contributed by atoms with van der Waals surface area (Å²) in [6.45, 7) is 1.16. The molecule has 3 rings (SSSR count). The lowest BCUT2D eigenvalue weighted by Crippen LogP contribution is -2.26. The third kappa shape index (κ3) is 2.46. The van der Waals surface area contributed by atoms with Gasteiger partial charge in [0.2, 0.25) is 0 Å². The molecule has 1 aromatic heterocycles. The monoisotopic (exact) mass is 293 g/mol. The fourth-order valence-electron chi connectivity index (χ4n) is 3.14. The first-order valence-electron chi connectivity index (χ1n) is 7.01. The van der Waals surface area contributed by atoms with Gasteiger partial charge in [-0.3, -0.25) is 4.79 Å². The number of hydrogen-bond acceptors (Lipinski definition) is 2. The van der Waals surface area contributed by atoms with Gasteiger partial charge in [0.05, 0.1) is 6.61 Å². The van der Waals surface area contributed by atoms with Crippen molar-refractivity contribution in [3.05, 3.63) is 35.0 Å². The summed E-state index contributed by atoms with van der Waals surface area (Å²) < 4.78 is 34.7. The lowest BCUT2D eigenvalue weighted by atomic mass is 9.92. The van der Waals surface area contributed by atoms with Crippen molar-refractivity contribution in [1.29, 1.82) is 0 Å². The first-order chi connectivity index (χ1) is 10.1. The van der Waals surface area contributed by atoms with Gasteiger partial charge in [-0.25, -0.2) is 8.78 Å². The second kappa shape index (κ2) is 5.22. The highest BCUT2D eigenvalue weighted by atomic mass is 19.3. The van der Waals surface area contributed by atoms with E-state index in [1.807, 2.05) is 6.07 Å². The number of aromatic nitrogens is 1. The van der Waals surface area contributed by atoms with Gasteiger partial charge in [0.25, 0.3) is 5.92 Å². The molecule has 3 nitrogen and oxygen atoms in total. The smallest absolute Gasteiger partial charge is 0.252 e. The maximum absolute atomic E-state index is 13.8. The second-order valence-corrected chi connectivity index (χ2v) is 5.50. The predicted octanol–water partition coefficient (Wildman–Crippen LogP) is 3.22.